The summed E-state index contributed by atoms with van der Waals surface area (Å²) in [6, 6.07) is 3.84. The summed E-state index contributed by atoms with van der Waals surface area (Å²) in [5.74, 6) is 0.232. The van der Waals surface area contributed by atoms with E-state index >= 15 is 0 Å². The lowest BCUT2D eigenvalue weighted by molar-refractivity contribution is 0.0795. The fourth-order valence-corrected chi connectivity index (χ4v) is 2.04. The zero-order chi connectivity index (χ0) is 13.7. The smallest absolute Gasteiger partial charge is 0.272 e. The van der Waals surface area contributed by atoms with E-state index in [-0.39, 0.29) is 12.0 Å². The number of rotatable bonds is 6. The first kappa shape index (κ1) is 14.1. The van der Waals surface area contributed by atoms with Gasteiger partial charge in [0.2, 0.25) is 5.88 Å². The highest BCUT2D eigenvalue weighted by atomic mass is 19.3. The highest BCUT2D eigenvalue weighted by Crippen LogP contribution is 2.15. The van der Waals surface area contributed by atoms with Gasteiger partial charge in [-0.25, -0.2) is 13.8 Å². The fraction of sp³-hybridized carbons (Fsp3) is 0.615. The molecular formula is C13H18F2N2O2. The minimum atomic E-state index is -2.49. The summed E-state index contributed by atoms with van der Waals surface area (Å²) >= 11 is 0. The minimum absolute atomic E-state index is 0.205. The van der Waals surface area contributed by atoms with Crippen LogP contribution in [0.1, 0.15) is 18.9 Å². The van der Waals surface area contributed by atoms with Gasteiger partial charge in [-0.3, -0.25) is 0 Å². The van der Waals surface area contributed by atoms with Crippen molar-refractivity contribution in [3.8, 4) is 5.88 Å². The summed E-state index contributed by atoms with van der Waals surface area (Å²) in [6.45, 7) is 2.83. The summed E-state index contributed by atoms with van der Waals surface area (Å²) in [4.78, 5) is 3.90. The van der Waals surface area contributed by atoms with Gasteiger partial charge in [-0.15, -0.1) is 0 Å². The Hall–Kier alpha value is -1.27. The molecular weight excluding hydrogens is 254 g/mol. The lowest BCUT2D eigenvalue weighted by Gasteiger charge is -2.16. The second-order valence-electron chi connectivity index (χ2n) is 4.56. The predicted octanol–water partition coefficient (Wildman–Crippen LogP) is 1.99. The standard InChI is InChI=1S/C13H18F2N2O2/c1-9-11(3-5-18-9)17-7-10-2-4-16-13(6-10)19-8-12(14)15/h2,4,6,9,11-12,17H,3,5,7-8H2,1H3/t9-,11-/m0/s1. The van der Waals surface area contributed by atoms with Crippen molar-refractivity contribution in [3.63, 3.8) is 0 Å². The molecule has 106 valence electrons. The molecule has 0 amide bonds. The molecule has 2 heterocycles. The molecule has 0 spiro atoms. The van der Waals surface area contributed by atoms with Crippen molar-refractivity contribution in [1.82, 2.24) is 10.3 Å². The Labute approximate surface area is 111 Å². The maximum atomic E-state index is 12.0. The first-order valence-electron chi connectivity index (χ1n) is 6.36. The van der Waals surface area contributed by atoms with Crippen LogP contribution >= 0.6 is 0 Å². The Morgan fingerprint density at radius 1 is 1.58 bits per heavy atom. The van der Waals surface area contributed by atoms with E-state index in [0.717, 1.165) is 18.6 Å². The van der Waals surface area contributed by atoms with Crippen LogP contribution < -0.4 is 10.1 Å². The molecule has 6 heteroatoms. The van der Waals surface area contributed by atoms with Crippen LogP contribution in [0.25, 0.3) is 0 Å². The second kappa shape index (κ2) is 6.77. The molecule has 2 rings (SSSR count). The zero-order valence-electron chi connectivity index (χ0n) is 10.8. The molecule has 1 aliphatic heterocycles. The summed E-state index contributed by atoms with van der Waals surface area (Å²) < 4.78 is 34.4. The number of ether oxygens (including phenoxy) is 2. The lowest BCUT2D eigenvalue weighted by Crippen LogP contribution is -2.34. The van der Waals surface area contributed by atoms with Gasteiger partial charge in [-0.2, -0.15) is 0 Å². The average Bonchev–Trinajstić information content (AvgIpc) is 2.80. The van der Waals surface area contributed by atoms with Gasteiger partial charge in [0.25, 0.3) is 6.43 Å². The molecule has 4 nitrogen and oxygen atoms in total. The summed E-state index contributed by atoms with van der Waals surface area (Å²) in [5.41, 5.74) is 0.957. The molecule has 1 N–H and O–H groups in total. The van der Waals surface area contributed by atoms with E-state index in [0.29, 0.717) is 12.6 Å². The van der Waals surface area contributed by atoms with Gasteiger partial charge < -0.3 is 14.8 Å². The molecule has 1 aromatic heterocycles. The van der Waals surface area contributed by atoms with Gasteiger partial charge in [0, 0.05) is 31.5 Å². The molecule has 19 heavy (non-hydrogen) atoms. The largest absolute Gasteiger partial charge is 0.472 e. The third-order valence-corrected chi connectivity index (χ3v) is 3.10. The van der Waals surface area contributed by atoms with Crippen LogP contribution in [-0.2, 0) is 11.3 Å². The van der Waals surface area contributed by atoms with Crippen LogP contribution in [0, 0.1) is 0 Å². The van der Waals surface area contributed by atoms with Crippen molar-refractivity contribution in [2.24, 2.45) is 0 Å². The van der Waals surface area contributed by atoms with Gasteiger partial charge in [0.05, 0.1) is 6.10 Å². The molecule has 0 saturated carbocycles. The summed E-state index contributed by atoms with van der Waals surface area (Å²) in [5, 5.41) is 3.38. The Morgan fingerprint density at radius 3 is 3.11 bits per heavy atom. The van der Waals surface area contributed by atoms with E-state index in [1.807, 2.05) is 13.0 Å². The van der Waals surface area contributed by atoms with Gasteiger partial charge >= 0.3 is 0 Å². The first-order valence-corrected chi connectivity index (χ1v) is 6.36. The van der Waals surface area contributed by atoms with E-state index in [1.165, 1.54) is 0 Å². The molecule has 0 radical (unpaired) electrons. The highest BCUT2D eigenvalue weighted by molar-refractivity contribution is 5.20. The molecule has 1 aliphatic rings. The van der Waals surface area contributed by atoms with E-state index in [9.17, 15) is 8.78 Å². The number of hydrogen-bond acceptors (Lipinski definition) is 4. The normalized spacial score (nSPS) is 22.9. The van der Waals surface area contributed by atoms with Gasteiger partial charge in [-0.1, -0.05) is 0 Å². The zero-order valence-corrected chi connectivity index (χ0v) is 10.8. The first-order chi connectivity index (χ1) is 9.15. The highest BCUT2D eigenvalue weighted by Gasteiger charge is 2.23. The van der Waals surface area contributed by atoms with Crippen molar-refractivity contribution in [2.45, 2.75) is 38.5 Å². The summed E-state index contributed by atoms with van der Waals surface area (Å²) in [7, 11) is 0. The number of hydrogen-bond donors (Lipinski definition) is 1. The summed E-state index contributed by atoms with van der Waals surface area (Å²) in [6.07, 6.45) is 0.268. The monoisotopic (exact) mass is 272 g/mol. The number of halogens is 2. The number of nitrogens with one attached hydrogen (secondary N) is 1. The number of alkyl halides is 2. The van der Waals surface area contributed by atoms with Gasteiger partial charge in [0.1, 0.15) is 0 Å². The lowest BCUT2D eigenvalue weighted by atomic mass is 10.1. The Morgan fingerprint density at radius 2 is 2.42 bits per heavy atom. The molecule has 0 aliphatic carbocycles. The molecule has 0 unspecified atom stereocenters. The molecule has 1 saturated heterocycles. The van der Waals surface area contributed by atoms with Crippen LogP contribution in [0.3, 0.4) is 0 Å². The van der Waals surface area contributed by atoms with Crippen LogP contribution in [-0.4, -0.2) is 36.8 Å². The van der Waals surface area contributed by atoms with Crippen molar-refractivity contribution in [2.75, 3.05) is 13.2 Å². The van der Waals surface area contributed by atoms with Crippen LogP contribution in [0.4, 0.5) is 8.78 Å². The van der Waals surface area contributed by atoms with Crippen LogP contribution in [0.2, 0.25) is 0 Å². The maximum absolute atomic E-state index is 12.0. The Balaban J connectivity index is 1.84. The molecule has 0 bridgehead atoms. The molecule has 1 aromatic rings. The van der Waals surface area contributed by atoms with E-state index in [2.05, 4.69) is 10.3 Å². The van der Waals surface area contributed by atoms with Crippen molar-refractivity contribution in [1.29, 1.82) is 0 Å². The Kier molecular flexibility index (Phi) is 5.04. The van der Waals surface area contributed by atoms with Gasteiger partial charge in [0.15, 0.2) is 6.61 Å². The van der Waals surface area contributed by atoms with Crippen molar-refractivity contribution < 1.29 is 18.3 Å². The van der Waals surface area contributed by atoms with Crippen LogP contribution in [0.5, 0.6) is 5.88 Å². The van der Waals surface area contributed by atoms with E-state index in [4.69, 9.17) is 9.47 Å². The Bertz CT molecular complexity index is 404. The van der Waals surface area contributed by atoms with Crippen LogP contribution in [0.15, 0.2) is 18.3 Å². The topological polar surface area (TPSA) is 43.4 Å². The van der Waals surface area contributed by atoms with E-state index in [1.54, 1.807) is 12.3 Å². The quantitative estimate of drug-likeness (QED) is 0.860. The molecule has 2 atom stereocenters. The van der Waals surface area contributed by atoms with Gasteiger partial charge in [-0.05, 0) is 25.0 Å². The number of pyridine rings is 1. The average molecular weight is 272 g/mol. The minimum Gasteiger partial charge on any atom is -0.472 e. The fourth-order valence-electron chi connectivity index (χ4n) is 2.04. The second-order valence-corrected chi connectivity index (χ2v) is 4.56. The SMILES string of the molecule is C[C@@H]1OCC[C@@H]1NCc1ccnc(OCC(F)F)c1. The van der Waals surface area contributed by atoms with Crippen molar-refractivity contribution >= 4 is 0 Å². The number of nitrogens with zero attached hydrogens (tertiary/aromatic N) is 1. The predicted molar refractivity (Wildman–Crippen MR) is 66.4 cm³/mol. The third-order valence-electron chi connectivity index (χ3n) is 3.10. The molecule has 0 aromatic carbocycles. The number of aromatic nitrogens is 1. The van der Waals surface area contributed by atoms with Crippen molar-refractivity contribution in [3.05, 3.63) is 23.9 Å². The maximum Gasteiger partial charge on any atom is 0.272 e. The molecule has 1 fully saturated rings. The third kappa shape index (κ3) is 4.40. The van der Waals surface area contributed by atoms with E-state index < -0.39 is 13.0 Å².